The molecule has 0 aliphatic rings. The Labute approximate surface area is 173 Å². The average Bonchev–Trinajstić information content (AvgIpc) is 3.31. The third-order valence-corrected chi connectivity index (χ3v) is 5.75. The van der Waals surface area contributed by atoms with Crippen molar-refractivity contribution in [3.8, 4) is 17.1 Å². The Kier molecular flexibility index (Phi) is 5.34. The number of fused-ring (bicyclic) bond motifs is 1. The molecule has 0 aliphatic carbocycles. The molecule has 0 fully saturated rings. The lowest BCUT2D eigenvalue weighted by atomic mass is 10.2. The van der Waals surface area contributed by atoms with Gasteiger partial charge in [-0.25, -0.2) is 4.98 Å². The van der Waals surface area contributed by atoms with Gasteiger partial charge in [-0.15, -0.1) is 11.3 Å². The first kappa shape index (κ1) is 18.9. The van der Waals surface area contributed by atoms with Gasteiger partial charge in [0.1, 0.15) is 22.2 Å². The normalized spacial score (nSPS) is 11.4. The van der Waals surface area contributed by atoms with Crippen LogP contribution in [-0.2, 0) is 13.1 Å². The number of thiophene rings is 1. The number of halogens is 1. The van der Waals surface area contributed by atoms with Gasteiger partial charge in [-0.3, -0.25) is 9.69 Å². The van der Waals surface area contributed by atoms with E-state index < -0.39 is 0 Å². The van der Waals surface area contributed by atoms with Gasteiger partial charge in [-0.1, -0.05) is 15.9 Å². The molecule has 4 rings (SSSR count). The molecule has 0 atom stereocenters. The third kappa shape index (κ3) is 3.76. The number of aromatic amines is 1. The number of hydrogen-bond donors (Lipinski definition) is 1. The second-order valence-electron chi connectivity index (χ2n) is 6.45. The molecule has 0 aliphatic heterocycles. The van der Waals surface area contributed by atoms with Crippen LogP contribution in [0.2, 0.25) is 0 Å². The van der Waals surface area contributed by atoms with Gasteiger partial charge >= 0.3 is 0 Å². The van der Waals surface area contributed by atoms with Gasteiger partial charge in [0.05, 0.1) is 25.3 Å². The largest absolute Gasteiger partial charge is 0.496 e. The van der Waals surface area contributed by atoms with E-state index in [1.165, 1.54) is 11.3 Å². The van der Waals surface area contributed by atoms with Crippen molar-refractivity contribution in [2.45, 2.75) is 13.1 Å². The topological polar surface area (TPSA) is 71.4 Å². The fourth-order valence-electron chi connectivity index (χ4n) is 3.15. The van der Waals surface area contributed by atoms with Crippen LogP contribution in [-0.4, -0.2) is 29.0 Å². The molecule has 1 N–H and O–H groups in total. The van der Waals surface area contributed by atoms with Gasteiger partial charge in [0.25, 0.3) is 5.56 Å². The molecular weight excluding hydrogens is 442 g/mol. The van der Waals surface area contributed by atoms with Crippen LogP contribution in [0.3, 0.4) is 0 Å². The zero-order valence-corrected chi connectivity index (χ0v) is 17.8. The Morgan fingerprint density at radius 2 is 2.18 bits per heavy atom. The molecule has 3 aromatic heterocycles. The fraction of sp³-hybridized carbons (Fsp3) is 0.200. The number of rotatable bonds is 6. The van der Waals surface area contributed by atoms with E-state index in [0.29, 0.717) is 34.9 Å². The number of furan rings is 1. The number of nitrogens with zero attached hydrogens (tertiary/aromatic N) is 2. The zero-order valence-electron chi connectivity index (χ0n) is 15.4. The molecule has 0 spiro atoms. The summed E-state index contributed by atoms with van der Waals surface area (Å²) in [5.41, 5.74) is 1.68. The highest BCUT2D eigenvalue weighted by Crippen LogP contribution is 2.31. The highest BCUT2D eigenvalue weighted by Gasteiger charge is 2.16. The Hall–Kier alpha value is -2.42. The summed E-state index contributed by atoms with van der Waals surface area (Å²) < 4.78 is 11.9. The van der Waals surface area contributed by atoms with Crippen LogP contribution in [0.1, 0.15) is 11.4 Å². The predicted molar refractivity (Wildman–Crippen MR) is 114 cm³/mol. The highest BCUT2D eigenvalue weighted by molar-refractivity contribution is 9.10. The predicted octanol–water partition coefficient (Wildman–Crippen LogP) is 4.65. The maximum atomic E-state index is 12.7. The Morgan fingerprint density at radius 1 is 1.32 bits per heavy atom. The van der Waals surface area contributed by atoms with E-state index in [0.717, 1.165) is 21.3 Å². The molecule has 1 aromatic carbocycles. The standard InChI is InChI=1S/C20H18BrN3O3S/c1-24(9-12-8-13(21)5-6-15(12)26-2)10-17-22-19(25)18-14(11-28-20(18)23-17)16-4-3-7-27-16/h3-8,11H,9-10H2,1-2H3,(H,22,23,25). The summed E-state index contributed by atoms with van der Waals surface area (Å²) in [6.07, 6.45) is 1.60. The van der Waals surface area contributed by atoms with E-state index in [2.05, 4.69) is 30.8 Å². The minimum absolute atomic E-state index is 0.152. The lowest BCUT2D eigenvalue weighted by Crippen LogP contribution is -2.22. The van der Waals surface area contributed by atoms with E-state index in [1.807, 2.05) is 36.7 Å². The Bertz CT molecular complexity index is 1170. The first-order chi connectivity index (χ1) is 13.5. The van der Waals surface area contributed by atoms with E-state index >= 15 is 0 Å². The summed E-state index contributed by atoms with van der Waals surface area (Å²) in [5, 5.41) is 2.48. The first-order valence-corrected chi connectivity index (χ1v) is 10.3. The van der Waals surface area contributed by atoms with Crippen LogP contribution in [0, 0.1) is 0 Å². The van der Waals surface area contributed by atoms with Crippen molar-refractivity contribution in [2.24, 2.45) is 0 Å². The van der Waals surface area contributed by atoms with Gasteiger partial charge in [-0.2, -0.15) is 0 Å². The van der Waals surface area contributed by atoms with Crippen LogP contribution in [0.4, 0.5) is 0 Å². The molecule has 144 valence electrons. The summed E-state index contributed by atoms with van der Waals surface area (Å²) in [7, 11) is 3.64. The summed E-state index contributed by atoms with van der Waals surface area (Å²) in [6.45, 7) is 1.17. The number of nitrogens with one attached hydrogen (secondary N) is 1. The molecule has 0 saturated carbocycles. The molecule has 8 heteroatoms. The van der Waals surface area contributed by atoms with Crippen LogP contribution < -0.4 is 10.3 Å². The lowest BCUT2D eigenvalue weighted by Gasteiger charge is -2.18. The van der Waals surface area contributed by atoms with E-state index in [1.54, 1.807) is 19.4 Å². The molecule has 6 nitrogen and oxygen atoms in total. The maximum absolute atomic E-state index is 12.7. The van der Waals surface area contributed by atoms with Crippen molar-refractivity contribution < 1.29 is 9.15 Å². The number of ether oxygens (including phenoxy) is 1. The van der Waals surface area contributed by atoms with Gasteiger partial charge < -0.3 is 14.1 Å². The van der Waals surface area contributed by atoms with E-state index in [-0.39, 0.29) is 5.56 Å². The van der Waals surface area contributed by atoms with E-state index in [4.69, 9.17) is 9.15 Å². The molecule has 28 heavy (non-hydrogen) atoms. The van der Waals surface area contributed by atoms with Crippen molar-refractivity contribution in [1.82, 2.24) is 14.9 Å². The van der Waals surface area contributed by atoms with Gasteiger partial charge in [-0.05, 0) is 37.4 Å². The van der Waals surface area contributed by atoms with Gasteiger partial charge in [0.2, 0.25) is 0 Å². The molecule has 4 aromatic rings. The number of aromatic nitrogens is 2. The van der Waals surface area contributed by atoms with Crippen molar-refractivity contribution in [3.63, 3.8) is 0 Å². The summed E-state index contributed by atoms with van der Waals surface area (Å²) in [4.78, 5) is 23.0. The van der Waals surface area contributed by atoms with Gasteiger partial charge in [0.15, 0.2) is 0 Å². The molecular formula is C20H18BrN3O3S. The van der Waals surface area contributed by atoms with Crippen LogP contribution in [0.5, 0.6) is 5.75 Å². The molecule has 0 radical (unpaired) electrons. The number of methoxy groups -OCH3 is 1. The van der Waals surface area contributed by atoms with Crippen molar-refractivity contribution >= 4 is 37.5 Å². The molecule has 0 bridgehead atoms. The monoisotopic (exact) mass is 459 g/mol. The maximum Gasteiger partial charge on any atom is 0.260 e. The molecule has 0 unspecified atom stereocenters. The highest BCUT2D eigenvalue weighted by atomic mass is 79.9. The van der Waals surface area contributed by atoms with Gasteiger partial charge in [0, 0.05) is 27.5 Å². The fourth-order valence-corrected chi connectivity index (χ4v) is 4.51. The number of benzene rings is 1. The molecule has 3 heterocycles. The summed E-state index contributed by atoms with van der Waals surface area (Å²) in [6, 6.07) is 9.56. The number of H-pyrrole nitrogens is 1. The third-order valence-electron chi connectivity index (χ3n) is 4.38. The lowest BCUT2D eigenvalue weighted by molar-refractivity contribution is 0.302. The average molecular weight is 460 g/mol. The minimum atomic E-state index is -0.152. The Morgan fingerprint density at radius 3 is 2.93 bits per heavy atom. The SMILES string of the molecule is COc1ccc(Br)cc1CN(C)Cc1nc2scc(-c3ccco3)c2c(=O)[nH]1. The molecule has 0 saturated heterocycles. The summed E-state index contributed by atoms with van der Waals surface area (Å²) in [5.74, 6) is 2.13. The smallest absolute Gasteiger partial charge is 0.260 e. The second kappa shape index (κ2) is 7.90. The van der Waals surface area contributed by atoms with Crippen LogP contribution in [0.15, 0.2) is 55.7 Å². The minimum Gasteiger partial charge on any atom is -0.496 e. The summed E-state index contributed by atoms with van der Waals surface area (Å²) >= 11 is 4.94. The van der Waals surface area contributed by atoms with Crippen molar-refractivity contribution in [2.75, 3.05) is 14.2 Å². The van der Waals surface area contributed by atoms with Crippen molar-refractivity contribution in [1.29, 1.82) is 0 Å². The van der Waals surface area contributed by atoms with Crippen molar-refractivity contribution in [3.05, 3.63) is 68.2 Å². The number of hydrogen-bond acceptors (Lipinski definition) is 6. The second-order valence-corrected chi connectivity index (χ2v) is 8.22. The van der Waals surface area contributed by atoms with E-state index in [9.17, 15) is 4.79 Å². The first-order valence-electron chi connectivity index (χ1n) is 8.60. The Balaban J connectivity index is 1.59. The van der Waals surface area contributed by atoms with Crippen LogP contribution >= 0.6 is 27.3 Å². The van der Waals surface area contributed by atoms with Crippen LogP contribution in [0.25, 0.3) is 21.5 Å². The zero-order chi connectivity index (χ0) is 19.7. The molecule has 0 amide bonds. The quantitative estimate of drug-likeness (QED) is 0.454.